The van der Waals surface area contributed by atoms with Gasteiger partial charge in [-0.1, -0.05) is 6.92 Å². The summed E-state index contributed by atoms with van der Waals surface area (Å²) in [6.45, 7) is 5.99. The zero-order chi connectivity index (χ0) is 16.1. The number of nitrogens with zero attached hydrogens (tertiary/aromatic N) is 2. The highest BCUT2D eigenvalue weighted by atomic mass is 19.1. The van der Waals surface area contributed by atoms with Crippen molar-refractivity contribution in [3.05, 3.63) is 59.4 Å². The van der Waals surface area contributed by atoms with Crippen LogP contribution in [0.4, 0.5) is 10.1 Å². The quantitative estimate of drug-likeness (QED) is 0.670. The van der Waals surface area contributed by atoms with Gasteiger partial charge in [-0.15, -0.1) is 0 Å². The van der Waals surface area contributed by atoms with Crippen molar-refractivity contribution in [2.45, 2.75) is 27.2 Å². The molecule has 0 fully saturated rings. The lowest BCUT2D eigenvalue weighted by Crippen LogP contribution is -2.15. The second-order valence-electron chi connectivity index (χ2n) is 4.89. The minimum absolute atomic E-state index is 0.103. The maximum atomic E-state index is 13.5. The van der Waals surface area contributed by atoms with Gasteiger partial charge < -0.3 is 10.5 Å². The number of hydrogen-bond donors (Lipinski definition) is 1. The average Bonchev–Trinajstić information content (AvgIpc) is 2.52. The molecule has 116 valence electrons. The Morgan fingerprint density at radius 3 is 2.86 bits per heavy atom. The third kappa shape index (κ3) is 3.55. The van der Waals surface area contributed by atoms with Crippen LogP contribution in [0.25, 0.3) is 0 Å². The maximum absolute atomic E-state index is 13.5. The first-order chi connectivity index (χ1) is 10.5. The van der Waals surface area contributed by atoms with Crippen LogP contribution < -0.4 is 10.5 Å². The molecule has 1 aliphatic rings. The molecule has 0 atom stereocenters. The Kier molecular flexibility index (Phi) is 4.99. The van der Waals surface area contributed by atoms with Crippen molar-refractivity contribution in [3.8, 4) is 5.75 Å². The molecule has 0 spiro atoms. The van der Waals surface area contributed by atoms with Crippen molar-refractivity contribution in [1.82, 2.24) is 5.01 Å². The number of allylic oxidation sites excluding steroid dienone is 3. The third-order valence-electron chi connectivity index (χ3n) is 3.32. The molecule has 0 aliphatic carbocycles. The summed E-state index contributed by atoms with van der Waals surface area (Å²) in [7, 11) is 0. The second kappa shape index (κ2) is 6.93. The molecule has 0 saturated carbocycles. The predicted octanol–water partition coefficient (Wildman–Crippen LogP) is 4.19. The highest BCUT2D eigenvalue weighted by molar-refractivity contribution is 5.53. The highest BCUT2D eigenvalue weighted by Gasteiger charge is 2.13. The van der Waals surface area contributed by atoms with E-state index in [1.165, 1.54) is 17.7 Å². The monoisotopic (exact) mass is 301 g/mol. The summed E-state index contributed by atoms with van der Waals surface area (Å²) in [5.41, 5.74) is 7.70. The summed E-state index contributed by atoms with van der Waals surface area (Å²) in [5, 5.41) is 6.08. The Bertz CT molecular complexity index is 674. The van der Waals surface area contributed by atoms with Gasteiger partial charge in [0.05, 0.1) is 11.4 Å². The van der Waals surface area contributed by atoms with Crippen molar-refractivity contribution < 1.29 is 9.13 Å². The number of nitrogens with two attached hydrogens (primary N) is 1. The van der Waals surface area contributed by atoms with E-state index in [4.69, 9.17) is 10.5 Å². The zero-order valence-corrected chi connectivity index (χ0v) is 13.0. The SMILES string of the molecule is C/C=N\N1C=CC(Oc2ccc(N)c(F)c2)=C/C1=C(\C)CC. The summed E-state index contributed by atoms with van der Waals surface area (Å²) in [5.74, 6) is 0.536. The van der Waals surface area contributed by atoms with E-state index in [-0.39, 0.29) is 5.69 Å². The van der Waals surface area contributed by atoms with E-state index < -0.39 is 5.82 Å². The molecule has 2 rings (SSSR count). The van der Waals surface area contributed by atoms with Crippen LogP contribution in [0.3, 0.4) is 0 Å². The second-order valence-corrected chi connectivity index (χ2v) is 4.89. The van der Waals surface area contributed by atoms with Gasteiger partial charge in [-0.2, -0.15) is 5.10 Å². The largest absolute Gasteiger partial charge is 0.457 e. The zero-order valence-electron chi connectivity index (χ0n) is 13.0. The summed E-state index contributed by atoms with van der Waals surface area (Å²) in [4.78, 5) is 0. The fourth-order valence-electron chi connectivity index (χ4n) is 1.97. The topological polar surface area (TPSA) is 50.8 Å². The molecule has 22 heavy (non-hydrogen) atoms. The highest BCUT2D eigenvalue weighted by Crippen LogP contribution is 2.26. The molecule has 0 aromatic heterocycles. The van der Waals surface area contributed by atoms with Crippen LogP contribution >= 0.6 is 0 Å². The minimum Gasteiger partial charge on any atom is -0.457 e. The fourth-order valence-corrected chi connectivity index (χ4v) is 1.97. The number of benzene rings is 1. The van der Waals surface area contributed by atoms with Gasteiger partial charge in [0, 0.05) is 24.6 Å². The average molecular weight is 301 g/mol. The summed E-state index contributed by atoms with van der Waals surface area (Å²) < 4.78 is 19.2. The molecule has 0 bridgehead atoms. The van der Waals surface area contributed by atoms with Crippen LogP contribution in [0.2, 0.25) is 0 Å². The van der Waals surface area contributed by atoms with E-state index >= 15 is 0 Å². The van der Waals surface area contributed by atoms with Crippen molar-refractivity contribution in [1.29, 1.82) is 0 Å². The maximum Gasteiger partial charge on any atom is 0.149 e. The first-order valence-electron chi connectivity index (χ1n) is 7.15. The van der Waals surface area contributed by atoms with Gasteiger partial charge in [0.2, 0.25) is 0 Å². The van der Waals surface area contributed by atoms with Gasteiger partial charge >= 0.3 is 0 Å². The molecule has 4 nitrogen and oxygen atoms in total. The van der Waals surface area contributed by atoms with Gasteiger partial charge in [0.1, 0.15) is 17.3 Å². The summed E-state index contributed by atoms with van der Waals surface area (Å²) in [6, 6.07) is 4.40. The predicted molar refractivity (Wildman–Crippen MR) is 87.7 cm³/mol. The van der Waals surface area contributed by atoms with E-state index in [2.05, 4.69) is 12.0 Å². The number of rotatable bonds is 4. The molecule has 0 unspecified atom stereocenters. The number of halogens is 1. The molecule has 5 heteroatoms. The van der Waals surface area contributed by atoms with Gasteiger partial charge in [0.25, 0.3) is 0 Å². The fraction of sp³-hybridized carbons (Fsp3) is 0.235. The standard InChI is InChI=1S/C17H20FN3O/c1-4-12(3)17-11-14(8-9-21(17)20-5-2)22-13-6-7-16(19)15(18)10-13/h5-11H,4,19H2,1-3H3/b17-12-,20-5-. The van der Waals surface area contributed by atoms with E-state index in [9.17, 15) is 4.39 Å². The first-order valence-corrected chi connectivity index (χ1v) is 7.15. The van der Waals surface area contributed by atoms with Gasteiger partial charge in [-0.05, 0) is 44.1 Å². The number of hydrazone groups is 1. The van der Waals surface area contributed by atoms with Crippen molar-refractivity contribution in [3.63, 3.8) is 0 Å². The van der Waals surface area contributed by atoms with E-state index in [1.54, 1.807) is 23.4 Å². The van der Waals surface area contributed by atoms with Crippen LogP contribution in [0.15, 0.2) is 58.7 Å². The summed E-state index contributed by atoms with van der Waals surface area (Å²) >= 11 is 0. The van der Waals surface area contributed by atoms with E-state index in [0.29, 0.717) is 11.5 Å². The van der Waals surface area contributed by atoms with Crippen molar-refractivity contribution in [2.75, 3.05) is 5.73 Å². The molecule has 1 aromatic carbocycles. The van der Waals surface area contributed by atoms with Crippen LogP contribution in [-0.4, -0.2) is 11.2 Å². The van der Waals surface area contributed by atoms with Gasteiger partial charge in [-0.3, -0.25) is 0 Å². The van der Waals surface area contributed by atoms with Crippen LogP contribution in [0.5, 0.6) is 5.75 Å². The molecule has 1 aliphatic heterocycles. The molecule has 2 N–H and O–H groups in total. The van der Waals surface area contributed by atoms with Crippen LogP contribution in [0.1, 0.15) is 27.2 Å². The van der Waals surface area contributed by atoms with Gasteiger partial charge in [0.15, 0.2) is 0 Å². The smallest absolute Gasteiger partial charge is 0.149 e. The Balaban J connectivity index is 2.28. The molecule has 1 aromatic rings. The molecular weight excluding hydrogens is 281 g/mol. The third-order valence-corrected chi connectivity index (χ3v) is 3.32. The number of nitrogen functional groups attached to an aromatic ring is 1. The number of ether oxygens (including phenoxy) is 1. The van der Waals surface area contributed by atoms with Crippen LogP contribution in [0, 0.1) is 5.82 Å². The Hall–Kier alpha value is -2.56. The van der Waals surface area contributed by atoms with E-state index in [0.717, 1.165) is 12.1 Å². The minimum atomic E-state index is -0.490. The van der Waals surface area contributed by atoms with Crippen molar-refractivity contribution in [2.24, 2.45) is 5.10 Å². The molecular formula is C17H20FN3O. The Morgan fingerprint density at radius 2 is 2.23 bits per heavy atom. The first kappa shape index (κ1) is 15.8. The van der Waals surface area contributed by atoms with Crippen LogP contribution in [-0.2, 0) is 0 Å². The summed E-state index contributed by atoms with van der Waals surface area (Å²) in [6.07, 6.45) is 8.12. The Morgan fingerprint density at radius 1 is 1.45 bits per heavy atom. The lowest BCUT2D eigenvalue weighted by molar-refractivity contribution is 0.419. The molecule has 1 heterocycles. The molecule has 0 saturated heterocycles. The lowest BCUT2D eigenvalue weighted by atomic mass is 10.1. The lowest BCUT2D eigenvalue weighted by Gasteiger charge is -2.22. The molecule has 0 radical (unpaired) electrons. The van der Waals surface area contributed by atoms with Gasteiger partial charge in [-0.25, -0.2) is 9.40 Å². The Labute approximate surface area is 130 Å². The van der Waals surface area contributed by atoms with Crippen molar-refractivity contribution >= 4 is 11.9 Å². The normalized spacial score (nSPS) is 16.9. The van der Waals surface area contributed by atoms with E-state index in [1.807, 2.05) is 26.1 Å². The number of anilines is 1. The number of hydrogen-bond acceptors (Lipinski definition) is 4. The molecule has 0 amide bonds.